The second-order valence-electron chi connectivity index (χ2n) is 7.29. The van der Waals surface area contributed by atoms with Crippen LogP contribution in [0, 0.1) is 0 Å². The molecule has 0 amide bonds. The first-order chi connectivity index (χ1) is 14.2. The third-order valence-corrected chi connectivity index (χ3v) is 5.59. The highest BCUT2D eigenvalue weighted by atomic mass is 35.5. The summed E-state index contributed by atoms with van der Waals surface area (Å²) in [4.78, 5) is 21.4. The lowest BCUT2D eigenvalue weighted by Crippen LogP contribution is -2.24. The molecule has 0 bridgehead atoms. The molecule has 1 aliphatic carbocycles. The molecule has 5 rings (SSSR count). The van der Waals surface area contributed by atoms with Crippen molar-refractivity contribution in [1.82, 2.24) is 14.5 Å². The molecule has 2 heterocycles. The third-order valence-electron chi connectivity index (χ3n) is 5.27. The Morgan fingerprint density at radius 1 is 1.07 bits per heavy atom. The maximum Gasteiger partial charge on any atom is 0.354 e. The number of hydrogen-bond acceptors (Lipinski definition) is 4. The molecule has 0 saturated heterocycles. The molecule has 144 valence electrons. The summed E-state index contributed by atoms with van der Waals surface area (Å²) in [6, 6.07) is 17.5. The van der Waals surface area contributed by atoms with Gasteiger partial charge in [-0.05, 0) is 66.3 Å². The minimum Gasteiger partial charge on any atom is -0.365 e. The molecule has 1 fully saturated rings. The lowest BCUT2D eigenvalue weighted by Gasteiger charge is -2.16. The Bertz CT molecular complexity index is 1250. The van der Waals surface area contributed by atoms with E-state index in [0.717, 1.165) is 16.5 Å². The summed E-state index contributed by atoms with van der Waals surface area (Å²) in [6.45, 7) is 0.560. The molecule has 0 unspecified atom stereocenters. The number of aromatic nitrogens is 3. The number of fused-ring (bicyclic) bond motifs is 1. The van der Waals surface area contributed by atoms with E-state index < -0.39 is 0 Å². The minimum atomic E-state index is -0.351. The summed E-state index contributed by atoms with van der Waals surface area (Å²) in [5, 5.41) is 4.73. The van der Waals surface area contributed by atoms with E-state index in [1.54, 1.807) is 23.0 Å². The number of nitrogens with zero attached hydrogens (tertiary/aromatic N) is 3. The standard InChI is InChI=1S/C23H19ClN4O/c24-19-3-1-2-4-20(19)28-21-13-17(16-5-6-16)7-8-18(21)22(27-23(28)29)26-14-15-9-11-25-12-10-15/h1-4,7-13,16H,5-6,14H2,(H,26,27,29). The van der Waals surface area contributed by atoms with E-state index in [0.29, 0.717) is 29.0 Å². The van der Waals surface area contributed by atoms with Crippen LogP contribution in [0.4, 0.5) is 5.82 Å². The molecule has 2 aromatic heterocycles. The lowest BCUT2D eigenvalue weighted by atomic mass is 10.1. The number of rotatable bonds is 5. The first-order valence-corrected chi connectivity index (χ1v) is 10.0. The zero-order chi connectivity index (χ0) is 19.8. The van der Waals surface area contributed by atoms with Crippen LogP contribution in [0.3, 0.4) is 0 Å². The fourth-order valence-electron chi connectivity index (χ4n) is 3.60. The number of halogens is 1. The molecular weight excluding hydrogens is 384 g/mol. The highest BCUT2D eigenvalue weighted by Crippen LogP contribution is 2.41. The van der Waals surface area contributed by atoms with Crippen LogP contribution in [0.5, 0.6) is 0 Å². The largest absolute Gasteiger partial charge is 0.365 e. The molecule has 1 aliphatic rings. The number of hydrogen-bond donors (Lipinski definition) is 1. The van der Waals surface area contributed by atoms with Crippen LogP contribution in [0.2, 0.25) is 5.02 Å². The van der Waals surface area contributed by atoms with Gasteiger partial charge in [-0.25, -0.2) is 4.79 Å². The third kappa shape index (κ3) is 3.49. The van der Waals surface area contributed by atoms with Gasteiger partial charge in [-0.15, -0.1) is 0 Å². The van der Waals surface area contributed by atoms with Gasteiger partial charge in [0.2, 0.25) is 0 Å². The van der Waals surface area contributed by atoms with Crippen molar-refractivity contribution in [1.29, 1.82) is 0 Å². The number of pyridine rings is 1. The molecule has 0 atom stereocenters. The Labute approximate surface area is 173 Å². The van der Waals surface area contributed by atoms with Gasteiger partial charge in [0.05, 0.1) is 16.2 Å². The summed E-state index contributed by atoms with van der Waals surface area (Å²) in [6.07, 6.45) is 5.89. The average molecular weight is 403 g/mol. The SMILES string of the molecule is O=c1nc(NCc2ccncc2)c2ccc(C3CC3)cc2n1-c1ccccc1Cl. The maximum atomic E-state index is 13.1. The predicted octanol–water partition coefficient (Wildman–Crippen LogP) is 4.92. The smallest absolute Gasteiger partial charge is 0.354 e. The number of benzene rings is 2. The van der Waals surface area contributed by atoms with Crippen LogP contribution in [-0.2, 0) is 6.54 Å². The fourth-order valence-corrected chi connectivity index (χ4v) is 3.82. The molecule has 0 spiro atoms. The summed E-state index contributed by atoms with van der Waals surface area (Å²) in [7, 11) is 0. The van der Waals surface area contributed by atoms with Crippen LogP contribution in [0.1, 0.15) is 29.9 Å². The van der Waals surface area contributed by atoms with Gasteiger partial charge in [-0.2, -0.15) is 4.98 Å². The Balaban J connectivity index is 1.67. The van der Waals surface area contributed by atoms with Crippen molar-refractivity contribution in [2.24, 2.45) is 0 Å². The monoisotopic (exact) mass is 402 g/mol. The maximum absolute atomic E-state index is 13.1. The molecule has 0 aliphatic heterocycles. The van der Waals surface area contributed by atoms with Crippen molar-refractivity contribution in [2.45, 2.75) is 25.3 Å². The van der Waals surface area contributed by atoms with Crippen molar-refractivity contribution in [3.63, 3.8) is 0 Å². The Morgan fingerprint density at radius 3 is 2.62 bits per heavy atom. The van der Waals surface area contributed by atoms with Gasteiger partial charge in [0.1, 0.15) is 5.82 Å². The molecule has 6 heteroatoms. The van der Waals surface area contributed by atoms with Gasteiger partial charge >= 0.3 is 5.69 Å². The normalized spacial score (nSPS) is 13.6. The zero-order valence-corrected chi connectivity index (χ0v) is 16.4. The van der Waals surface area contributed by atoms with E-state index in [4.69, 9.17) is 11.6 Å². The van der Waals surface area contributed by atoms with Gasteiger partial charge in [0.25, 0.3) is 0 Å². The van der Waals surface area contributed by atoms with Crippen molar-refractivity contribution >= 4 is 28.3 Å². The van der Waals surface area contributed by atoms with Crippen molar-refractivity contribution in [2.75, 3.05) is 5.32 Å². The lowest BCUT2D eigenvalue weighted by molar-refractivity contribution is 0.949. The van der Waals surface area contributed by atoms with Gasteiger partial charge in [-0.1, -0.05) is 29.8 Å². The highest BCUT2D eigenvalue weighted by Gasteiger charge is 2.24. The van der Waals surface area contributed by atoms with E-state index in [-0.39, 0.29) is 5.69 Å². The predicted molar refractivity (Wildman–Crippen MR) is 116 cm³/mol. The van der Waals surface area contributed by atoms with Crippen LogP contribution in [-0.4, -0.2) is 14.5 Å². The van der Waals surface area contributed by atoms with Crippen LogP contribution in [0.25, 0.3) is 16.6 Å². The molecule has 0 radical (unpaired) electrons. The van der Waals surface area contributed by atoms with Gasteiger partial charge in [0.15, 0.2) is 0 Å². The second-order valence-corrected chi connectivity index (χ2v) is 7.70. The molecule has 29 heavy (non-hydrogen) atoms. The number of para-hydroxylation sites is 1. The van der Waals surface area contributed by atoms with E-state index >= 15 is 0 Å². The molecule has 2 aromatic carbocycles. The van der Waals surface area contributed by atoms with E-state index in [1.165, 1.54) is 18.4 Å². The average Bonchev–Trinajstić information content (AvgIpc) is 3.59. The van der Waals surface area contributed by atoms with E-state index in [2.05, 4.69) is 33.5 Å². The zero-order valence-electron chi connectivity index (χ0n) is 15.7. The van der Waals surface area contributed by atoms with Crippen molar-refractivity contribution in [3.8, 4) is 5.69 Å². The Morgan fingerprint density at radius 2 is 1.86 bits per heavy atom. The van der Waals surface area contributed by atoms with Crippen molar-refractivity contribution in [3.05, 3.63) is 93.6 Å². The first kappa shape index (κ1) is 17.9. The topological polar surface area (TPSA) is 59.8 Å². The molecule has 4 aromatic rings. The number of nitrogens with one attached hydrogen (secondary N) is 1. The fraction of sp³-hybridized carbons (Fsp3) is 0.174. The van der Waals surface area contributed by atoms with Gasteiger partial charge in [-0.3, -0.25) is 9.55 Å². The Kier molecular flexibility index (Phi) is 4.52. The number of anilines is 1. The first-order valence-electron chi connectivity index (χ1n) is 9.65. The molecule has 5 nitrogen and oxygen atoms in total. The summed E-state index contributed by atoms with van der Waals surface area (Å²) < 4.78 is 1.61. The summed E-state index contributed by atoms with van der Waals surface area (Å²) in [5.41, 5.74) is 3.43. The summed E-state index contributed by atoms with van der Waals surface area (Å²) >= 11 is 6.42. The van der Waals surface area contributed by atoms with E-state index in [1.807, 2.05) is 30.3 Å². The quantitative estimate of drug-likeness (QED) is 0.514. The van der Waals surface area contributed by atoms with E-state index in [9.17, 15) is 4.79 Å². The van der Waals surface area contributed by atoms with Crippen LogP contribution < -0.4 is 11.0 Å². The van der Waals surface area contributed by atoms with Gasteiger partial charge in [0, 0.05) is 24.3 Å². The van der Waals surface area contributed by atoms with Gasteiger partial charge < -0.3 is 5.32 Å². The summed E-state index contributed by atoms with van der Waals surface area (Å²) in [5.74, 6) is 1.16. The van der Waals surface area contributed by atoms with Crippen molar-refractivity contribution < 1.29 is 0 Å². The molecule has 1 N–H and O–H groups in total. The van der Waals surface area contributed by atoms with Crippen LogP contribution in [0.15, 0.2) is 71.8 Å². The Hall–Kier alpha value is -3.18. The minimum absolute atomic E-state index is 0.351. The molecular formula is C23H19ClN4O. The molecule has 1 saturated carbocycles. The second kappa shape index (κ2) is 7.33. The highest BCUT2D eigenvalue weighted by molar-refractivity contribution is 6.32. The van der Waals surface area contributed by atoms with Crippen LogP contribution >= 0.6 is 11.6 Å².